The zero-order valence-electron chi connectivity index (χ0n) is 9.44. The lowest BCUT2D eigenvalue weighted by molar-refractivity contribution is 0.264. The van der Waals surface area contributed by atoms with Gasteiger partial charge in [0.15, 0.2) is 6.10 Å². The maximum absolute atomic E-state index is 13.4. The third kappa shape index (κ3) is 2.82. The second kappa shape index (κ2) is 5.57. The average Bonchev–Trinajstić information content (AvgIpc) is 2.40. The number of hydrogen-bond donors (Lipinski definition) is 0. The highest BCUT2D eigenvalue weighted by molar-refractivity contribution is 6.30. The Bertz CT molecular complexity index is 575. The van der Waals surface area contributed by atoms with E-state index in [0.717, 1.165) is 0 Å². The summed E-state index contributed by atoms with van der Waals surface area (Å²) >= 11 is 5.62. The van der Waals surface area contributed by atoms with E-state index in [0.29, 0.717) is 11.3 Å². The van der Waals surface area contributed by atoms with Crippen molar-refractivity contribution in [1.29, 1.82) is 0 Å². The summed E-state index contributed by atoms with van der Waals surface area (Å²) in [5.41, 5.74) is 0.559. The zero-order chi connectivity index (χ0) is 13.0. The lowest BCUT2D eigenvalue weighted by Gasteiger charge is -2.14. The molecule has 2 aromatic rings. The molecule has 0 N–H and O–H groups in total. The maximum atomic E-state index is 13.4. The molecule has 0 bridgehead atoms. The Kier molecular flexibility index (Phi) is 3.86. The Labute approximate surface area is 110 Å². The van der Waals surface area contributed by atoms with Gasteiger partial charge in [0.05, 0.1) is 5.02 Å². The van der Waals surface area contributed by atoms with Crippen molar-refractivity contribution in [1.82, 2.24) is 0 Å². The van der Waals surface area contributed by atoms with Gasteiger partial charge < -0.3 is 4.74 Å². The summed E-state index contributed by atoms with van der Waals surface area (Å²) in [5.74, 6) is 2.61. The molecule has 0 saturated carbocycles. The Hall–Kier alpha value is -1.98. The van der Waals surface area contributed by atoms with E-state index < -0.39 is 11.9 Å². The molecule has 1 unspecified atom stereocenters. The van der Waals surface area contributed by atoms with E-state index in [1.54, 1.807) is 18.2 Å². The fourth-order valence-electron chi connectivity index (χ4n) is 1.51. The van der Waals surface area contributed by atoms with Crippen LogP contribution in [0.15, 0.2) is 48.5 Å². The van der Waals surface area contributed by atoms with E-state index in [1.165, 1.54) is 12.1 Å². The van der Waals surface area contributed by atoms with Gasteiger partial charge in [-0.3, -0.25) is 0 Å². The smallest absolute Gasteiger partial charge is 0.184 e. The standard InChI is InChI=1S/C15H10ClFO/c1-2-15(18-12-6-4-3-5-7-12)11-8-9-13(16)14(17)10-11/h1,3-10,15H. The van der Waals surface area contributed by atoms with Crippen LogP contribution in [0.4, 0.5) is 4.39 Å². The van der Waals surface area contributed by atoms with Crippen LogP contribution in [0.2, 0.25) is 5.02 Å². The van der Waals surface area contributed by atoms with Crippen LogP contribution in [0.5, 0.6) is 5.75 Å². The average molecular weight is 261 g/mol. The summed E-state index contributed by atoms with van der Waals surface area (Å²) in [6.07, 6.45) is 4.77. The second-order valence-corrected chi connectivity index (χ2v) is 4.06. The molecule has 18 heavy (non-hydrogen) atoms. The summed E-state index contributed by atoms with van der Waals surface area (Å²) in [4.78, 5) is 0. The minimum Gasteiger partial charge on any atom is -0.473 e. The minimum absolute atomic E-state index is 0.0641. The molecular formula is C15H10ClFO. The van der Waals surface area contributed by atoms with Gasteiger partial charge in [0.1, 0.15) is 11.6 Å². The van der Waals surface area contributed by atoms with Crippen molar-refractivity contribution in [3.8, 4) is 18.1 Å². The van der Waals surface area contributed by atoms with Gasteiger partial charge in [0, 0.05) is 5.56 Å². The van der Waals surface area contributed by atoms with Crippen LogP contribution < -0.4 is 4.74 Å². The molecule has 2 rings (SSSR count). The number of terminal acetylenes is 1. The van der Waals surface area contributed by atoms with Gasteiger partial charge in [-0.1, -0.05) is 41.8 Å². The molecule has 0 aliphatic rings. The molecule has 0 heterocycles. The van der Waals surface area contributed by atoms with Gasteiger partial charge in [-0.05, 0) is 24.3 Å². The summed E-state index contributed by atoms with van der Waals surface area (Å²) in [7, 11) is 0. The molecule has 0 amide bonds. The summed E-state index contributed by atoms with van der Waals surface area (Å²) in [5, 5.41) is 0.0641. The van der Waals surface area contributed by atoms with Crippen molar-refractivity contribution < 1.29 is 9.13 Å². The highest BCUT2D eigenvalue weighted by Crippen LogP contribution is 2.24. The predicted octanol–water partition coefficient (Wildman–Crippen LogP) is 4.23. The van der Waals surface area contributed by atoms with Crippen molar-refractivity contribution >= 4 is 11.6 Å². The molecule has 0 aliphatic carbocycles. The summed E-state index contributed by atoms with van der Waals surface area (Å²) < 4.78 is 19.0. The minimum atomic E-state index is -0.640. The molecular weight excluding hydrogens is 251 g/mol. The number of halogens is 2. The van der Waals surface area contributed by atoms with E-state index in [-0.39, 0.29) is 5.02 Å². The van der Waals surface area contributed by atoms with E-state index in [9.17, 15) is 4.39 Å². The number of hydrogen-bond acceptors (Lipinski definition) is 1. The zero-order valence-corrected chi connectivity index (χ0v) is 10.2. The molecule has 0 aromatic heterocycles. The fraction of sp³-hybridized carbons (Fsp3) is 0.0667. The van der Waals surface area contributed by atoms with E-state index in [2.05, 4.69) is 5.92 Å². The third-order valence-corrected chi connectivity index (χ3v) is 2.70. The molecule has 0 saturated heterocycles. The van der Waals surface area contributed by atoms with Crippen LogP contribution in [-0.4, -0.2) is 0 Å². The monoisotopic (exact) mass is 260 g/mol. The maximum Gasteiger partial charge on any atom is 0.184 e. The SMILES string of the molecule is C#CC(Oc1ccccc1)c1ccc(Cl)c(F)c1. The Balaban J connectivity index is 2.24. The van der Waals surface area contributed by atoms with Gasteiger partial charge >= 0.3 is 0 Å². The van der Waals surface area contributed by atoms with Crippen LogP contribution in [-0.2, 0) is 0 Å². The van der Waals surface area contributed by atoms with Gasteiger partial charge in [0.2, 0.25) is 0 Å². The van der Waals surface area contributed by atoms with E-state index in [4.69, 9.17) is 22.8 Å². The van der Waals surface area contributed by atoms with Crippen LogP contribution in [0.25, 0.3) is 0 Å². The predicted molar refractivity (Wildman–Crippen MR) is 70.1 cm³/mol. The van der Waals surface area contributed by atoms with Crippen molar-refractivity contribution in [2.75, 3.05) is 0 Å². The first-order valence-electron chi connectivity index (χ1n) is 5.33. The van der Waals surface area contributed by atoms with Crippen LogP contribution in [0.3, 0.4) is 0 Å². The van der Waals surface area contributed by atoms with Crippen molar-refractivity contribution in [3.05, 3.63) is 64.9 Å². The molecule has 0 spiro atoms. The quantitative estimate of drug-likeness (QED) is 0.751. The molecule has 0 aliphatic heterocycles. The second-order valence-electron chi connectivity index (χ2n) is 3.65. The number of para-hydroxylation sites is 1. The molecule has 90 valence electrons. The van der Waals surface area contributed by atoms with Crippen LogP contribution >= 0.6 is 11.6 Å². The first-order chi connectivity index (χ1) is 8.70. The summed E-state index contributed by atoms with van der Waals surface area (Å²) in [6.45, 7) is 0. The molecule has 3 heteroatoms. The highest BCUT2D eigenvalue weighted by atomic mass is 35.5. The van der Waals surface area contributed by atoms with Crippen molar-refractivity contribution in [2.24, 2.45) is 0 Å². The Morgan fingerprint density at radius 1 is 1.17 bits per heavy atom. The molecule has 1 nitrogen and oxygen atoms in total. The van der Waals surface area contributed by atoms with Crippen LogP contribution in [0.1, 0.15) is 11.7 Å². The van der Waals surface area contributed by atoms with Crippen LogP contribution in [0, 0.1) is 18.2 Å². The largest absolute Gasteiger partial charge is 0.473 e. The van der Waals surface area contributed by atoms with Crippen molar-refractivity contribution in [3.63, 3.8) is 0 Å². The van der Waals surface area contributed by atoms with Gasteiger partial charge in [-0.25, -0.2) is 4.39 Å². The lowest BCUT2D eigenvalue weighted by Crippen LogP contribution is -2.05. The topological polar surface area (TPSA) is 9.23 Å². The lowest BCUT2D eigenvalue weighted by atomic mass is 10.1. The Morgan fingerprint density at radius 2 is 1.89 bits per heavy atom. The first-order valence-corrected chi connectivity index (χ1v) is 5.71. The van der Waals surface area contributed by atoms with E-state index in [1.807, 2.05) is 18.2 Å². The fourth-order valence-corrected chi connectivity index (χ4v) is 1.63. The van der Waals surface area contributed by atoms with E-state index >= 15 is 0 Å². The number of benzene rings is 2. The molecule has 0 fully saturated rings. The molecule has 1 atom stereocenters. The third-order valence-electron chi connectivity index (χ3n) is 2.39. The molecule has 0 radical (unpaired) electrons. The normalized spacial score (nSPS) is 11.6. The highest BCUT2D eigenvalue weighted by Gasteiger charge is 2.12. The summed E-state index contributed by atoms with van der Waals surface area (Å²) in [6, 6.07) is 13.5. The molecule has 2 aromatic carbocycles. The number of ether oxygens (including phenoxy) is 1. The van der Waals surface area contributed by atoms with Gasteiger partial charge in [-0.15, -0.1) is 6.42 Å². The van der Waals surface area contributed by atoms with Crippen molar-refractivity contribution in [2.45, 2.75) is 6.10 Å². The Morgan fingerprint density at radius 3 is 2.50 bits per heavy atom. The first kappa shape index (κ1) is 12.5. The van der Waals surface area contributed by atoms with Gasteiger partial charge in [0.25, 0.3) is 0 Å². The number of rotatable bonds is 3. The van der Waals surface area contributed by atoms with Gasteiger partial charge in [-0.2, -0.15) is 0 Å².